The molecule has 0 saturated heterocycles. The van der Waals surface area contributed by atoms with Crippen molar-refractivity contribution in [3.8, 4) is 5.75 Å². The summed E-state index contributed by atoms with van der Waals surface area (Å²) in [6.45, 7) is 3.57. The van der Waals surface area contributed by atoms with E-state index in [2.05, 4.69) is 15.9 Å². The third-order valence-corrected chi connectivity index (χ3v) is 2.65. The maximum absolute atomic E-state index is 9.74. The molecule has 78 valence electrons. The Morgan fingerprint density at radius 2 is 2.07 bits per heavy atom. The topological polar surface area (TPSA) is 29.5 Å². The lowest BCUT2D eigenvalue weighted by atomic mass is 9.98. The Bertz CT molecular complexity index is 316. The van der Waals surface area contributed by atoms with E-state index in [0.717, 1.165) is 15.8 Å². The van der Waals surface area contributed by atoms with Crippen molar-refractivity contribution in [2.24, 2.45) is 0 Å². The maximum atomic E-state index is 9.74. The molecule has 1 rings (SSSR count). The van der Waals surface area contributed by atoms with Gasteiger partial charge in [-0.05, 0) is 26.0 Å². The van der Waals surface area contributed by atoms with Gasteiger partial charge in [-0.2, -0.15) is 0 Å². The van der Waals surface area contributed by atoms with E-state index in [0.29, 0.717) is 6.42 Å². The summed E-state index contributed by atoms with van der Waals surface area (Å²) in [6.07, 6.45) is 0.567. The van der Waals surface area contributed by atoms with Crippen LogP contribution in [-0.2, 0) is 6.42 Å². The molecule has 0 radical (unpaired) electrons. The number of benzene rings is 1. The van der Waals surface area contributed by atoms with Gasteiger partial charge in [-0.1, -0.05) is 22.0 Å². The minimum Gasteiger partial charge on any atom is -0.496 e. The number of rotatable bonds is 3. The first kappa shape index (κ1) is 11.5. The Kier molecular flexibility index (Phi) is 3.56. The van der Waals surface area contributed by atoms with Crippen LogP contribution in [0, 0.1) is 0 Å². The summed E-state index contributed by atoms with van der Waals surface area (Å²) in [4.78, 5) is 0. The van der Waals surface area contributed by atoms with Crippen LogP contribution in [0.1, 0.15) is 19.4 Å². The van der Waals surface area contributed by atoms with Crippen molar-refractivity contribution in [3.63, 3.8) is 0 Å². The van der Waals surface area contributed by atoms with E-state index in [1.54, 1.807) is 21.0 Å². The van der Waals surface area contributed by atoms with Gasteiger partial charge in [0.1, 0.15) is 5.75 Å². The molecular weight excluding hydrogens is 244 g/mol. The number of halogens is 1. The zero-order valence-electron chi connectivity index (χ0n) is 8.67. The molecule has 1 aromatic rings. The quantitative estimate of drug-likeness (QED) is 0.904. The molecule has 0 fully saturated rings. The van der Waals surface area contributed by atoms with E-state index in [1.807, 2.05) is 18.2 Å². The molecule has 0 aliphatic rings. The first-order valence-electron chi connectivity index (χ1n) is 4.48. The summed E-state index contributed by atoms with van der Waals surface area (Å²) in [5, 5.41) is 9.74. The van der Waals surface area contributed by atoms with Crippen molar-refractivity contribution in [2.45, 2.75) is 25.9 Å². The molecule has 0 heterocycles. The largest absolute Gasteiger partial charge is 0.496 e. The van der Waals surface area contributed by atoms with E-state index in [4.69, 9.17) is 4.74 Å². The van der Waals surface area contributed by atoms with Crippen molar-refractivity contribution < 1.29 is 9.84 Å². The predicted molar refractivity (Wildman–Crippen MR) is 60.7 cm³/mol. The van der Waals surface area contributed by atoms with Gasteiger partial charge in [0.15, 0.2) is 0 Å². The molecule has 1 aromatic carbocycles. The summed E-state index contributed by atoms with van der Waals surface area (Å²) in [5.41, 5.74) is 0.277. The number of ether oxygens (including phenoxy) is 1. The number of methoxy groups -OCH3 is 1. The highest BCUT2D eigenvalue weighted by Gasteiger charge is 2.18. The van der Waals surface area contributed by atoms with Gasteiger partial charge in [0, 0.05) is 16.5 Å². The maximum Gasteiger partial charge on any atom is 0.123 e. The minimum absolute atomic E-state index is 0.567. The zero-order valence-corrected chi connectivity index (χ0v) is 10.3. The third-order valence-electron chi connectivity index (χ3n) is 1.91. The van der Waals surface area contributed by atoms with Gasteiger partial charge in [0.25, 0.3) is 0 Å². The fourth-order valence-corrected chi connectivity index (χ4v) is 1.82. The summed E-state index contributed by atoms with van der Waals surface area (Å²) in [7, 11) is 1.63. The predicted octanol–water partition coefficient (Wildman–Crippen LogP) is 2.77. The minimum atomic E-state index is -0.725. The molecule has 3 heteroatoms. The van der Waals surface area contributed by atoms with Crippen LogP contribution < -0.4 is 4.74 Å². The van der Waals surface area contributed by atoms with Crippen LogP contribution in [0.4, 0.5) is 0 Å². The Balaban J connectivity index is 3.05. The van der Waals surface area contributed by atoms with Crippen molar-refractivity contribution in [2.75, 3.05) is 7.11 Å². The number of hydrogen-bond donors (Lipinski definition) is 1. The highest BCUT2D eigenvalue weighted by atomic mass is 79.9. The van der Waals surface area contributed by atoms with E-state index >= 15 is 0 Å². The van der Waals surface area contributed by atoms with E-state index in [9.17, 15) is 5.11 Å². The highest BCUT2D eigenvalue weighted by molar-refractivity contribution is 9.10. The van der Waals surface area contributed by atoms with E-state index < -0.39 is 5.60 Å². The van der Waals surface area contributed by atoms with Crippen LogP contribution in [-0.4, -0.2) is 17.8 Å². The summed E-state index contributed by atoms with van der Waals surface area (Å²) in [5.74, 6) is 0.807. The van der Waals surface area contributed by atoms with Gasteiger partial charge in [0.2, 0.25) is 0 Å². The molecule has 0 saturated carbocycles. The Hall–Kier alpha value is -0.540. The molecule has 0 aliphatic carbocycles. The number of hydrogen-bond acceptors (Lipinski definition) is 2. The smallest absolute Gasteiger partial charge is 0.123 e. The van der Waals surface area contributed by atoms with Gasteiger partial charge in [0.05, 0.1) is 12.7 Å². The Morgan fingerprint density at radius 3 is 2.57 bits per heavy atom. The van der Waals surface area contributed by atoms with Gasteiger partial charge in [-0.15, -0.1) is 0 Å². The molecule has 0 amide bonds. The first-order valence-corrected chi connectivity index (χ1v) is 5.27. The molecule has 14 heavy (non-hydrogen) atoms. The molecule has 0 spiro atoms. The van der Waals surface area contributed by atoms with Crippen LogP contribution in [0.5, 0.6) is 5.75 Å². The fourth-order valence-electron chi connectivity index (χ4n) is 1.33. The third kappa shape index (κ3) is 3.00. The van der Waals surface area contributed by atoms with Crippen LogP contribution >= 0.6 is 15.9 Å². The monoisotopic (exact) mass is 258 g/mol. The summed E-state index contributed by atoms with van der Waals surface area (Å²) >= 11 is 3.45. The summed E-state index contributed by atoms with van der Waals surface area (Å²) in [6, 6.07) is 5.76. The average molecular weight is 259 g/mol. The second-order valence-electron chi connectivity index (χ2n) is 3.91. The summed E-state index contributed by atoms with van der Waals surface area (Å²) < 4.78 is 6.20. The van der Waals surface area contributed by atoms with Crippen molar-refractivity contribution >= 4 is 15.9 Å². The normalized spacial score (nSPS) is 11.5. The van der Waals surface area contributed by atoms with Gasteiger partial charge < -0.3 is 9.84 Å². The van der Waals surface area contributed by atoms with Crippen molar-refractivity contribution in [1.82, 2.24) is 0 Å². The molecule has 2 nitrogen and oxygen atoms in total. The van der Waals surface area contributed by atoms with E-state index in [1.165, 1.54) is 0 Å². The Labute approximate surface area is 93.0 Å². The van der Waals surface area contributed by atoms with Crippen LogP contribution in [0.2, 0.25) is 0 Å². The van der Waals surface area contributed by atoms with Crippen LogP contribution in [0.25, 0.3) is 0 Å². The van der Waals surface area contributed by atoms with Crippen LogP contribution in [0.3, 0.4) is 0 Å². The first-order chi connectivity index (χ1) is 6.44. The molecule has 0 atom stereocenters. The van der Waals surface area contributed by atoms with Gasteiger partial charge in [-0.3, -0.25) is 0 Å². The fraction of sp³-hybridized carbons (Fsp3) is 0.455. The lowest BCUT2D eigenvalue weighted by Crippen LogP contribution is -2.22. The van der Waals surface area contributed by atoms with Gasteiger partial charge >= 0.3 is 0 Å². The Morgan fingerprint density at radius 1 is 1.43 bits per heavy atom. The second kappa shape index (κ2) is 4.32. The van der Waals surface area contributed by atoms with Crippen LogP contribution in [0.15, 0.2) is 22.7 Å². The lowest BCUT2D eigenvalue weighted by Gasteiger charge is -2.19. The SMILES string of the molecule is COc1cccc(Br)c1CC(C)(C)O. The average Bonchev–Trinajstić information content (AvgIpc) is 2.06. The molecular formula is C11H15BrO2. The van der Waals surface area contributed by atoms with Gasteiger partial charge in [-0.25, -0.2) is 0 Å². The number of aliphatic hydroxyl groups is 1. The molecule has 0 aliphatic heterocycles. The molecule has 0 aromatic heterocycles. The molecule has 1 N–H and O–H groups in total. The lowest BCUT2D eigenvalue weighted by molar-refractivity contribution is 0.0801. The van der Waals surface area contributed by atoms with Crippen molar-refractivity contribution in [1.29, 1.82) is 0 Å². The molecule has 0 unspecified atom stereocenters. The standard InChI is InChI=1S/C11H15BrO2/c1-11(2,13)7-8-9(12)5-4-6-10(8)14-3/h4-6,13H,7H2,1-3H3. The molecule has 0 bridgehead atoms. The second-order valence-corrected chi connectivity index (χ2v) is 4.76. The van der Waals surface area contributed by atoms with Crippen molar-refractivity contribution in [3.05, 3.63) is 28.2 Å². The highest BCUT2D eigenvalue weighted by Crippen LogP contribution is 2.29. The zero-order chi connectivity index (χ0) is 10.8. The van der Waals surface area contributed by atoms with E-state index in [-0.39, 0.29) is 0 Å².